The molecule has 0 rings (SSSR count). The second-order valence-corrected chi connectivity index (χ2v) is 4.03. The molecule has 0 saturated heterocycles. The van der Waals surface area contributed by atoms with Gasteiger partial charge in [0.25, 0.3) is 0 Å². The summed E-state index contributed by atoms with van der Waals surface area (Å²) in [5.74, 6) is -1.06. The number of carboxylic acid groups (broad SMARTS) is 1. The average Bonchev–Trinajstić information content (AvgIpc) is 2.02. The number of carbonyl (C=O) groups is 2. The van der Waals surface area contributed by atoms with E-state index >= 15 is 0 Å². The summed E-state index contributed by atoms with van der Waals surface area (Å²) < 4.78 is 0. The van der Waals surface area contributed by atoms with Crippen LogP contribution >= 0.6 is 0 Å². The number of aliphatic carboxylic acids is 1. The van der Waals surface area contributed by atoms with E-state index < -0.39 is 5.97 Å². The van der Waals surface area contributed by atoms with Crippen molar-refractivity contribution in [2.45, 2.75) is 33.2 Å². The quantitative estimate of drug-likeness (QED) is 0.686. The van der Waals surface area contributed by atoms with E-state index in [-0.39, 0.29) is 17.0 Å². The maximum absolute atomic E-state index is 10.6. The SMILES string of the molecule is C=C(C)C(=O)O.C=CC(=O)NC(C)(C)C. The molecule has 0 saturated carbocycles. The smallest absolute Gasteiger partial charge is 0.330 e. The molecule has 0 aromatic heterocycles. The molecule has 4 heteroatoms. The molecule has 0 aliphatic rings. The molecule has 0 unspecified atom stereocenters. The van der Waals surface area contributed by atoms with Crippen LogP contribution in [0.1, 0.15) is 27.7 Å². The van der Waals surface area contributed by atoms with Crippen LogP contribution in [0.3, 0.4) is 0 Å². The highest BCUT2D eigenvalue weighted by Crippen LogP contribution is 1.97. The topological polar surface area (TPSA) is 66.4 Å². The molecule has 0 heterocycles. The van der Waals surface area contributed by atoms with Crippen LogP contribution in [-0.4, -0.2) is 22.5 Å². The van der Waals surface area contributed by atoms with Gasteiger partial charge in [0.15, 0.2) is 0 Å². The fraction of sp³-hybridized carbons (Fsp3) is 0.455. The summed E-state index contributed by atoms with van der Waals surface area (Å²) in [5.41, 5.74) is 0.0284. The molecule has 0 spiro atoms. The Bertz CT molecular complexity index is 249. The van der Waals surface area contributed by atoms with Crippen molar-refractivity contribution in [3.63, 3.8) is 0 Å². The van der Waals surface area contributed by atoms with Gasteiger partial charge in [0.1, 0.15) is 0 Å². The van der Waals surface area contributed by atoms with E-state index in [1.54, 1.807) is 0 Å². The van der Waals surface area contributed by atoms with Gasteiger partial charge in [-0.25, -0.2) is 4.79 Å². The Morgan fingerprint density at radius 3 is 1.73 bits per heavy atom. The Balaban J connectivity index is 0. The Labute approximate surface area is 90.7 Å². The number of rotatable bonds is 2. The molecule has 2 N–H and O–H groups in total. The summed E-state index contributed by atoms with van der Waals surface area (Å²) in [6.45, 7) is 13.7. The minimum Gasteiger partial charge on any atom is -0.478 e. The van der Waals surface area contributed by atoms with Crippen molar-refractivity contribution in [1.29, 1.82) is 0 Å². The van der Waals surface area contributed by atoms with E-state index in [0.29, 0.717) is 0 Å². The molecule has 0 aromatic rings. The Morgan fingerprint density at radius 1 is 1.33 bits per heavy atom. The first-order valence-corrected chi connectivity index (χ1v) is 4.43. The van der Waals surface area contributed by atoms with E-state index in [1.807, 2.05) is 20.8 Å². The third-order valence-corrected chi connectivity index (χ3v) is 1.05. The zero-order chi connectivity index (χ0) is 12.6. The van der Waals surface area contributed by atoms with Crippen LogP contribution in [0.15, 0.2) is 24.8 Å². The van der Waals surface area contributed by atoms with Gasteiger partial charge in [-0.1, -0.05) is 13.2 Å². The molecule has 1 amide bonds. The summed E-state index contributed by atoms with van der Waals surface area (Å²) in [7, 11) is 0. The van der Waals surface area contributed by atoms with Gasteiger partial charge in [-0.2, -0.15) is 0 Å². The monoisotopic (exact) mass is 213 g/mol. The Hall–Kier alpha value is -1.58. The van der Waals surface area contributed by atoms with Crippen LogP contribution < -0.4 is 5.32 Å². The second kappa shape index (κ2) is 6.81. The lowest BCUT2D eigenvalue weighted by atomic mass is 10.1. The standard InChI is InChI=1S/C7H13NO.C4H6O2/c1-5-6(9)8-7(2,3)4;1-3(2)4(5)6/h5H,1H2,2-4H3,(H,8,9);1H2,2H3,(H,5,6). The van der Waals surface area contributed by atoms with E-state index in [1.165, 1.54) is 13.0 Å². The normalized spacial score (nSPS) is 9.33. The molecule has 15 heavy (non-hydrogen) atoms. The summed E-state index contributed by atoms with van der Waals surface area (Å²) in [5, 5.41) is 10.6. The predicted octanol–water partition coefficient (Wildman–Crippen LogP) is 1.73. The van der Waals surface area contributed by atoms with Crippen LogP contribution in [-0.2, 0) is 9.59 Å². The first kappa shape index (κ1) is 15.9. The summed E-state index contributed by atoms with van der Waals surface area (Å²) in [4.78, 5) is 20.2. The van der Waals surface area contributed by atoms with Crippen molar-refractivity contribution in [1.82, 2.24) is 5.32 Å². The minimum atomic E-state index is -0.935. The highest BCUT2D eigenvalue weighted by atomic mass is 16.4. The van der Waals surface area contributed by atoms with Crippen LogP contribution in [0.4, 0.5) is 0 Å². The van der Waals surface area contributed by atoms with E-state index in [9.17, 15) is 9.59 Å². The zero-order valence-corrected chi connectivity index (χ0v) is 9.76. The lowest BCUT2D eigenvalue weighted by molar-refractivity contribution is -0.132. The van der Waals surface area contributed by atoms with Crippen molar-refractivity contribution in [3.8, 4) is 0 Å². The number of carboxylic acids is 1. The van der Waals surface area contributed by atoms with Crippen molar-refractivity contribution < 1.29 is 14.7 Å². The highest BCUT2D eigenvalue weighted by molar-refractivity contribution is 5.87. The molecule has 0 aliphatic carbocycles. The molecule has 0 fully saturated rings. The Morgan fingerprint density at radius 2 is 1.67 bits per heavy atom. The van der Waals surface area contributed by atoms with Gasteiger partial charge in [0, 0.05) is 11.1 Å². The number of hydrogen-bond acceptors (Lipinski definition) is 2. The second-order valence-electron chi connectivity index (χ2n) is 4.03. The zero-order valence-electron chi connectivity index (χ0n) is 9.76. The van der Waals surface area contributed by atoms with Gasteiger partial charge < -0.3 is 10.4 Å². The average molecular weight is 213 g/mol. The van der Waals surface area contributed by atoms with Crippen LogP contribution in [0, 0.1) is 0 Å². The molecule has 4 nitrogen and oxygen atoms in total. The molecule has 0 aliphatic heterocycles. The first-order chi connectivity index (χ1) is 6.60. The van der Waals surface area contributed by atoms with Gasteiger partial charge in [-0.3, -0.25) is 4.79 Å². The van der Waals surface area contributed by atoms with Crippen LogP contribution in [0.5, 0.6) is 0 Å². The van der Waals surface area contributed by atoms with Crippen molar-refractivity contribution >= 4 is 11.9 Å². The molecular weight excluding hydrogens is 194 g/mol. The number of carbonyl (C=O) groups excluding carboxylic acids is 1. The number of hydrogen-bond donors (Lipinski definition) is 2. The van der Waals surface area contributed by atoms with E-state index in [2.05, 4.69) is 18.5 Å². The van der Waals surface area contributed by atoms with Gasteiger partial charge >= 0.3 is 5.97 Å². The molecule has 0 bridgehead atoms. The minimum absolute atomic E-state index is 0.123. The van der Waals surface area contributed by atoms with E-state index in [4.69, 9.17) is 5.11 Å². The van der Waals surface area contributed by atoms with Gasteiger partial charge in [-0.15, -0.1) is 0 Å². The Kier molecular flexibility index (Phi) is 7.21. The largest absolute Gasteiger partial charge is 0.478 e. The van der Waals surface area contributed by atoms with Gasteiger partial charge in [0.2, 0.25) is 5.91 Å². The molecular formula is C11H19NO3. The summed E-state index contributed by atoms with van der Waals surface area (Å²) in [6, 6.07) is 0. The maximum atomic E-state index is 10.6. The summed E-state index contributed by atoms with van der Waals surface area (Å²) >= 11 is 0. The molecule has 86 valence electrons. The van der Waals surface area contributed by atoms with Crippen molar-refractivity contribution in [2.24, 2.45) is 0 Å². The number of amides is 1. The molecule has 0 aromatic carbocycles. The van der Waals surface area contributed by atoms with Gasteiger partial charge in [0.05, 0.1) is 0 Å². The fourth-order valence-corrected chi connectivity index (χ4v) is 0.421. The molecule has 0 atom stereocenters. The van der Waals surface area contributed by atoms with Crippen molar-refractivity contribution in [3.05, 3.63) is 24.8 Å². The lowest BCUT2D eigenvalue weighted by Gasteiger charge is -2.18. The number of nitrogens with one attached hydrogen (secondary N) is 1. The third-order valence-electron chi connectivity index (χ3n) is 1.05. The summed E-state index contributed by atoms with van der Waals surface area (Å²) in [6.07, 6.45) is 1.27. The third kappa shape index (κ3) is 15.2. The van der Waals surface area contributed by atoms with Crippen LogP contribution in [0.2, 0.25) is 0 Å². The van der Waals surface area contributed by atoms with Gasteiger partial charge in [-0.05, 0) is 33.8 Å². The molecule has 0 radical (unpaired) electrons. The van der Waals surface area contributed by atoms with Crippen molar-refractivity contribution in [2.75, 3.05) is 0 Å². The first-order valence-electron chi connectivity index (χ1n) is 4.43. The predicted molar refractivity (Wildman–Crippen MR) is 60.5 cm³/mol. The lowest BCUT2D eigenvalue weighted by Crippen LogP contribution is -2.39. The maximum Gasteiger partial charge on any atom is 0.330 e. The fourth-order valence-electron chi connectivity index (χ4n) is 0.421. The van der Waals surface area contributed by atoms with E-state index in [0.717, 1.165) is 0 Å². The van der Waals surface area contributed by atoms with Crippen LogP contribution in [0.25, 0.3) is 0 Å². The highest BCUT2D eigenvalue weighted by Gasteiger charge is 2.10.